The molecule has 0 bridgehead atoms. The van der Waals surface area contributed by atoms with Gasteiger partial charge < -0.3 is 4.74 Å². The Morgan fingerprint density at radius 2 is 1.80 bits per heavy atom. The minimum absolute atomic E-state index is 0.0437. The van der Waals surface area contributed by atoms with Gasteiger partial charge in [0.25, 0.3) is 0 Å². The van der Waals surface area contributed by atoms with Crippen molar-refractivity contribution in [3.05, 3.63) is 0 Å². The van der Waals surface area contributed by atoms with Crippen LogP contribution in [0.25, 0.3) is 0 Å². The molecule has 1 rings (SSSR count). The Labute approximate surface area is 91.2 Å². The van der Waals surface area contributed by atoms with E-state index < -0.39 is 5.97 Å². The Bertz CT molecular complexity index is 227. The normalized spacial score (nSPS) is 26.0. The number of ketones is 1. The average molecular weight is 212 g/mol. The summed E-state index contributed by atoms with van der Waals surface area (Å²) in [4.78, 5) is 22.6. The highest BCUT2D eigenvalue weighted by atomic mass is 16.5. The lowest BCUT2D eigenvalue weighted by atomic mass is 9.78. The van der Waals surface area contributed by atoms with Gasteiger partial charge in [-0.15, -0.1) is 0 Å². The highest BCUT2D eigenvalue weighted by Crippen LogP contribution is 2.31. The molecule has 1 saturated carbocycles. The largest absolute Gasteiger partial charge is 0.469 e. The number of esters is 1. The molecule has 15 heavy (non-hydrogen) atoms. The summed E-state index contributed by atoms with van der Waals surface area (Å²) < 4.78 is 4.49. The first-order chi connectivity index (χ1) is 7.17. The van der Waals surface area contributed by atoms with Gasteiger partial charge in [0.2, 0.25) is 0 Å². The summed E-state index contributed by atoms with van der Waals surface area (Å²) in [6.45, 7) is 2.20. The zero-order chi connectivity index (χ0) is 11.3. The smallest absolute Gasteiger partial charge is 0.313 e. The molecule has 0 N–H and O–H groups in total. The number of carbonyl (C=O) groups excluding carboxylic acids is 2. The zero-order valence-corrected chi connectivity index (χ0v) is 9.62. The topological polar surface area (TPSA) is 43.4 Å². The Kier molecular flexibility index (Phi) is 4.79. The third kappa shape index (κ3) is 3.65. The van der Waals surface area contributed by atoms with Crippen molar-refractivity contribution in [1.29, 1.82) is 0 Å². The van der Waals surface area contributed by atoms with Crippen LogP contribution in [0.2, 0.25) is 0 Å². The predicted molar refractivity (Wildman–Crippen MR) is 57.4 cm³/mol. The van der Waals surface area contributed by atoms with Crippen molar-refractivity contribution in [2.24, 2.45) is 11.8 Å². The lowest BCUT2D eigenvalue weighted by molar-refractivity contribution is -0.144. The summed E-state index contributed by atoms with van der Waals surface area (Å²) in [6.07, 6.45) is 5.33. The van der Waals surface area contributed by atoms with Crippen molar-refractivity contribution >= 4 is 11.8 Å². The van der Waals surface area contributed by atoms with Gasteiger partial charge in [0, 0.05) is 5.92 Å². The minimum atomic E-state index is -0.405. The molecule has 0 atom stereocenters. The van der Waals surface area contributed by atoms with E-state index in [2.05, 4.69) is 11.7 Å². The van der Waals surface area contributed by atoms with E-state index in [0.29, 0.717) is 0 Å². The van der Waals surface area contributed by atoms with Crippen LogP contribution < -0.4 is 0 Å². The second-order valence-electron chi connectivity index (χ2n) is 4.35. The van der Waals surface area contributed by atoms with Crippen molar-refractivity contribution in [2.75, 3.05) is 7.11 Å². The van der Waals surface area contributed by atoms with E-state index in [1.807, 2.05) is 0 Å². The number of methoxy groups -OCH3 is 1. The third-order valence-electron chi connectivity index (χ3n) is 3.43. The van der Waals surface area contributed by atoms with Gasteiger partial charge in [-0.25, -0.2) is 0 Å². The average Bonchev–Trinajstić information content (AvgIpc) is 2.29. The highest BCUT2D eigenvalue weighted by molar-refractivity contribution is 5.96. The zero-order valence-electron chi connectivity index (χ0n) is 9.62. The van der Waals surface area contributed by atoms with Crippen molar-refractivity contribution < 1.29 is 14.3 Å². The highest BCUT2D eigenvalue weighted by Gasteiger charge is 2.26. The second-order valence-corrected chi connectivity index (χ2v) is 4.35. The Morgan fingerprint density at radius 1 is 1.20 bits per heavy atom. The molecule has 0 saturated heterocycles. The molecule has 0 heterocycles. The van der Waals surface area contributed by atoms with Crippen molar-refractivity contribution in [2.45, 2.75) is 45.4 Å². The molecular formula is C12H20O3. The van der Waals surface area contributed by atoms with E-state index in [1.54, 1.807) is 0 Å². The molecule has 0 aliphatic heterocycles. The maximum atomic E-state index is 11.7. The van der Waals surface area contributed by atoms with E-state index in [0.717, 1.165) is 31.6 Å². The fourth-order valence-corrected chi connectivity index (χ4v) is 2.25. The number of rotatable bonds is 4. The Balaban J connectivity index is 2.33. The summed E-state index contributed by atoms with van der Waals surface area (Å²) in [5.74, 6) is 0.549. The molecule has 3 nitrogen and oxygen atoms in total. The third-order valence-corrected chi connectivity index (χ3v) is 3.43. The summed E-state index contributed by atoms with van der Waals surface area (Å²) in [7, 11) is 1.32. The van der Waals surface area contributed by atoms with Crippen LogP contribution in [0.3, 0.4) is 0 Å². The molecule has 0 aromatic heterocycles. The Hall–Kier alpha value is -0.860. The van der Waals surface area contributed by atoms with Crippen LogP contribution >= 0.6 is 0 Å². The first kappa shape index (κ1) is 12.2. The van der Waals surface area contributed by atoms with Crippen LogP contribution in [-0.4, -0.2) is 18.9 Å². The van der Waals surface area contributed by atoms with E-state index in [1.165, 1.54) is 13.5 Å². The number of hydrogen-bond acceptors (Lipinski definition) is 3. The summed E-state index contributed by atoms with van der Waals surface area (Å²) in [5, 5.41) is 0. The van der Waals surface area contributed by atoms with Gasteiger partial charge in [-0.1, -0.05) is 13.3 Å². The molecule has 86 valence electrons. The first-order valence-corrected chi connectivity index (χ1v) is 5.76. The van der Waals surface area contributed by atoms with Gasteiger partial charge in [-0.2, -0.15) is 0 Å². The first-order valence-electron chi connectivity index (χ1n) is 5.76. The number of carbonyl (C=O) groups is 2. The van der Waals surface area contributed by atoms with Crippen LogP contribution in [0.4, 0.5) is 0 Å². The molecule has 1 fully saturated rings. The lowest BCUT2D eigenvalue weighted by Gasteiger charge is -2.26. The van der Waals surface area contributed by atoms with Crippen LogP contribution in [0.15, 0.2) is 0 Å². The van der Waals surface area contributed by atoms with Crippen molar-refractivity contribution in [1.82, 2.24) is 0 Å². The maximum absolute atomic E-state index is 11.7. The van der Waals surface area contributed by atoms with Crippen LogP contribution in [-0.2, 0) is 14.3 Å². The van der Waals surface area contributed by atoms with Crippen LogP contribution in [0.1, 0.15) is 45.4 Å². The molecule has 0 spiro atoms. The Morgan fingerprint density at radius 3 is 2.27 bits per heavy atom. The van der Waals surface area contributed by atoms with Gasteiger partial charge in [-0.3, -0.25) is 9.59 Å². The summed E-state index contributed by atoms with van der Waals surface area (Å²) >= 11 is 0. The van der Waals surface area contributed by atoms with E-state index >= 15 is 0 Å². The molecule has 0 unspecified atom stereocenters. The number of hydrogen-bond donors (Lipinski definition) is 0. The summed E-state index contributed by atoms with van der Waals surface area (Å²) in [5.41, 5.74) is 0. The van der Waals surface area contributed by atoms with E-state index in [-0.39, 0.29) is 18.1 Å². The summed E-state index contributed by atoms with van der Waals surface area (Å²) in [6, 6.07) is 0. The quantitative estimate of drug-likeness (QED) is 0.530. The molecular weight excluding hydrogens is 192 g/mol. The number of ether oxygens (including phenoxy) is 1. The monoisotopic (exact) mass is 212 g/mol. The minimum Gasteiger partial charge on any atom is -0.469 e. The SMILES string of the molecule is CCC1CCC(C(=O)CC(=O)OC)CC1. The van der Waals surface area contributed by atoms with Crippen LogP contribution in [0, 0.1) is 11.8 Å². The predicted octanol–water partition coefficient (Wildman–Crippen LogP) is 2.33. The molecule has 1 aliphatic carbocycles. The standard InChI is InChI=1S/C12H20O3/c1-3-9-4-6-10(7-5-9)11(13)8-12(14)15-2/h9-10H,3-8H2,1-2H3. The van der Waals surface area contributed by atoms with E-state index in [9.17, 15) is 9.59 Å². The maximum Gasteiger partial charge on any atom is 0.313 e. The molecule has 0 aromatic carbocycles. The van der Waals surface area contributed by atoms with Gasteiger partial charge in [0.1, 0.15) is 12.2 Å². The molecule has 1 aliphatic rings. The molecule has 3 heteroatoms. The van der Waals surface area contributed by atoms with Gasteiger partial charge in [0.05, 0.1) is 7.11 Å². The molecule has 0 radical (unpaired) electrons. The van der Waals surface area contributed by atoms with Gasteiger partial charge in [0.15, 0.2) is 0 Å². The van der Waals surface area contributed by atoms with Gasteiger partial charge in [-0.05, 0) is 31.6 Å². The fourth-order valence-electron chi connectivity index (χ4n) is 2.25. The van der Waals surface area contributed by atoms with Crippen LogP contribution in [0.5, 0.6) is 0 Å². The lowest BCUT2D eigenvalue weighted by Crippen LogP contribution is -2.24. The van der Waals surface area contributed by atoms with Crippen molar-refractivity contribution in [3.63, 3.8) is 0 Å². The van der Waals surface area contributed by atoms with Crippen molar-refractivity contribution in [3.8, 4) is 0 Å². The van der Waals surface area contributed by atoms with Gasteiger partial charge >= 0.3 is 5.97 Å². The second kappa shape index (κ2) is 5.89. The molecule has 0 amide bonds. The fraction of sp³-hybridized carbons (Fsp3) is 0.833. The van der Waals surface area contributed by atoms with E-state index in [4.69, 9.17) is 0 Å². The molecule has 0 aromatic rings. The number of Topliss-reactive ketones (excluding diaryl/α,β-unsaturated/α-hetero) is 1.